The third-order valence-corrected chi connectivity index (χ3v) is 3.06. The maximum atomic E-state index is 12.4. The number of thiocarbonyl (C=S) groups is 1. The molecule has 0 radical (unpaired) electrons. The van der Waals surface area contributed by atoms with Crippen LogP contribution < -0.4 is 20.2 Å². The van der Waals surface area contributed by atoms with Crippen LogP contribution in [0.5, 0.6) is 11.5 Å². The first-order chi connectivity index (χ1) is 11.9. The van der Waals surface area contributed by atoms with Gasteiger partial charge in [0.15, 0.2) is 10.9 Å². The van der Waals surface area contributed by atoms with E-state index in [1.807, 2.05) is 12.1 Å². The number of anilines is 1. The summed E-state index contributed by atoms with van der Waals surface area (Å²) in [4.78, 5) is 0. The van der Waals surface area contributed by atoms with Gasteiger partial charge in [-0.05, 0) is 36.5 Å². The van der Waals surface area contributed by atoms with Crippen LogP contribution in [0.4, 0.5) is 18.9 Å². The Bertz CT molecular complexity index is 766. The van der Waals surface area contributed by atoms with Crippen molar-refractivity contribution in [2.24, 2.45) is 5.10 Å². The smallest absolute Gasteiger partial charge is 0.496 e. The number of alkyl halides is 3. The molecule has 0 amide bonds. The van der Waals surface area contributed by atoms with Gasteiger partial charge in [0, 0.05) is 5.56 Å². The summed E-state index contributed by atoms with van der Waals surface area (Å²) in [6, 6.07) is 12.7. The van der Waals surface area contributed by atoms with Crippen molar-refractivity contribution >= 4 is 29.2 Å². The number of nitrogens with one attached hydrogen (secondary N) is 2. The molecule has 9 heteroatoms. The zero-order valence-corrected chi connectivity index (χ0v) is 13.8. The molecule has 0 aromatic heterocycles. The van der Waals surface area contributed by atoms with Crippen molar-refractivity contribution < 1.29 is 22.6 Å². The van der Waals surface area contributed by atoms with Gasteiger partial charge in [-0.2, -0.15) is 5.10 Å². The molecule has 25 heavy (non-hydrogen) atoms. The summed E-state index contributed by atoms with van der Waals surface area (Å²) < 4.78 is 46.3. The van der Waals surface area contributed by atoms with Gasteiger partial charge in [0.1, 0.15) is 5.75 Å². The number of methoxy groups -OCH3 is 1. The largest absolute Gasteiger partial charge is 0.573 e. The Morgan fingerprint density at radius 2 is 1.72 bits per heavy atom. The Morgan fingerprint density at radius 3 is 2.40 bits per heavy atom. The Hall–Kier alpha value is -2.81. The van der Waals surface area contributed by atoms with Crippen molar-refractivity contribution in [2.45, 2.75) is 6.36 Å². The highest BCUT2D eigenvalue weighted by molar-refractivity contribution is 7.80. The molecule has 0 fully saturated rings. The topological polar surface area (TPSA) is 54.9 Å². The van der Waals surface area contributed by atoms with Crippen LogP contribution in [0.3, 0.4) is 0 Å². The summed E-state index contributed by atoms with van der Waals surface area (Å²) in [5.41, 5.74) is 3.29. The number of hydrazone groups is 1. The van der Waals surface area contributed by atoms with Crippen molar-refractivity contribution in [3.05, 3.63) is 54.1 Å². The highest BCUT2D eigenvalue weighted by atomic mass is 32.1. The van der Waals surface area contributed by atoms with Crippen molar-refractivity contribution in [1.82, 2.24) is 5.43 Å². The van der Waals surface area contributed by atoms with Gasteiger partial charge in [-0.15, -0.1) is 13.2 Å². The molecule has 0 aliphatic heterocycles. The second-order valence-corrected chi connectivity index (χ2v) is 5.02. The molecule has 2 aromatic carbocycles. The minimum absolute atomic E-state index is 0.00405. The molecular weight excluding hydrogens is 355 g/mol. The van der Waals surface area contributed by atoms with Crippen LogP contribution in [0.2, 0.25) is 0 Å². The number of para-hydroxylation sites is 3. The monoisotopic (exact) mass is 369 g/mol. The van der Waals surface area contributed by atoms with Gasteiger partial charge < -0.3 is 14.8 Å². The summed E-state index contributed by atoms with van der Waals surface area (Å²) in [6.07, 6.45) is -3.32. The molecule has 0 aliphatic carbocycles. The molecule has 0 atom stereocenters. The quantitative estimate of drug-likeness (QED) is 0.475. The van der Waals surface area contributed by atoms with E-state index in [0.717, 1.165) is 0 Å². The van der Waals surface area contributed by atoms with Crippen molar-refractivity contribution in [2.75, 3.05) is 12.4 Å². The molecule has 0 aliphatic rings. The number of rotatable bonds is 5. The molecule has 0 spiro atoms. The number of halogens is 3. The fourth-order valence-electron chi connectivity index (χ4n) is 1.87. The van der Waals surface area contributed by atoms with Gasteiger partial charge in [-0.25, -0.2) is 0 Å². The van der Waals surface area contributed by atoms with E-state index in [1.54, 1.807) is 18.2 Å². The molecule has 0 saturated carbocycles. The van der Waals surface area contributed by atoms with E-state index in [4.69, 9.17) is 17.0 Å². The summed E-state index contributed by atoms with van der Waals surface area (Å²) in [6.45, 7) is 0. The maximum Gasteiger partial charge on any atom is 0.573 e. The van der Waals surface area contributed by atoms with E-state index in [-0.39, 0.29) is 10.8 Å². The van der Waals surface area contributed by atoms with Gasteiger partial charge >= 0.3 is 6.36 Å². The van der Waals surface area contributed by atoms with Gasteiger partial charge in [0.05, 0.1) is 19.0 Å². The summed E-state index contributed by atoms with van der Waals surface area (Å²) in [7, 11) is 1.53. The first-order valence-electron chi connectivity index (χ1n) is 6.97. The van der Waals surface area contributed by atoms with E-state index < -0.39 is 12.1 Å². The van der Waals surface area contributed by atoms with Crippen molar-refractivity contribution in [3.8, 4) is 11.5 Å². The zero-order valence-electron chi connectivity index (χ0n) is 13.0. The lowest BCUT2D eigenvalue weighted by atomic mass is 10.2. The van der Waals surface area contributed by atoms with Gasteiger partial charge in [0.2, 0.25) is 0 Å². The average Bonchev–Trinajstić information content (AvgIpc) is 2.56. The fourth-order valence-corrected chi connectivity index (χ4v) is 2.03. The van der Waals surface area contributed by atoms with E-state index in [2.05, 4.69) is 20.6 Å². The van der Waals surface area contributed by atoms with Crippen LogP contribution in [0.25, 0.3) is 0 Å². The molecule has 132 valence electrons. The molecule has 0 heterocycles. The zero-order chi connectivity index (χ0) is 18.3. The molecule has 5 nitrogen and oxygen atoms in total. The SMILES string of the molecule is COc1ccccc1/C=N/NC(=S)Nc1ccccc1OC(F)(F)F. The molecule has 2 N–H and O–H groups in total. The molecule has 0 bridgehead atoms. The van der Waals surface area contributed by atoms with Crippen molar-refractivity contribution in [3.63, 3.8) is 0 Å². The maximum absolute atomic E-state index is 12.4. The standard InChI is InChI=1S/C16H14F3N3O2S/c1-23-13-8-4-2-6-11(13)10-20-22-15(25)21-12-7-3-5-9-14(12)24-16(17,18)19/h2-10H,1H3,(H2,21,22,25)/b20-10+. The van der Waals surface area contributed by atoms with Gasteiger partial charge in [-0.1, -0.05) is 24.3 Å². The third kappa shape index (κ3) is 5.96. The number of benzene rings is 2. The summed E-state index contributed by atoms with van der Waals surface area (Å²) in [5.74, 6) is 0.226. The third-order valence-electron chi connectivity index (χ3n) is 2.87. The van der Waals surface area contributed by atoms with E-state index in [1.165, 1.54) is 31.5 Å². The van der Waals surface area contributed by atoms with Crippen LogP contribution in [0.1, 0.15) is 5.56 Å². The molecule has 2 rings (SSSR count). The Balaban J connectivity index is 2.00. The normalized spacial score (nSPS) is 11.2. The second-order valence-electron chi connectivity index (χ2n) is 4.61. The van der Waals surface area contributed by atoms with Crippen molar-refractivity contribution in [1.29, 1.82) is 0 Å². The van der Waals surface area contributed by atoms with Gasteiger partial charge in [0.25, 0.3) is 0 Å². The first-order valence-corrected chi connectivity index (χ1v) is 7.38. The minimum atomic E-state index is -4.80. The highest BCUT2D eigenvalue weighted by Crippen LogP contribution is 2.29. The van der Waals surface area contributed by atoms with E-state index in [9.17, 15) is 13.2 Å². The van der Waals surface area contributed by atoms with Crippen LogP contribution in [-0.2, 0) is 0 Å². The number of hydrogen-bond acceptors (Lipinski definition) is 4. The van der Waals surface area contributed by atoms with Crippen LogP contribution >= 0.6 is 12.2 Å². The number of ether oxygens (including phenoxy) is 2. The van der Waals surface area contributed by atoms with Crippen LogP contribution in [0, 0.1) is 0 Å². The minimum Gasteiger partial charge on any atom is -0.496 e. The number of nitrogens with zero attached hydrogens (tertiary/aromatic N) is 1. The highest BCUT2D eigenvalue weighted by Gasteiger charge is 2.32. The lowest BCUT2D eigenvalue weighted by Crippen LogP contribution is -2.25. The van der Waals surface area contributed by atoms with Gasteiger partial charge in [-0.3, -0.25) is 5.43 Å². The molecule has 0 saturated heterocycles. The average molecular weight is 369 g/mol. The Labute approximate surface area is 147 Å². The lowest BCUT2D eigenvalue weighted by Gasteiger charge is -2.14. The van der Waals surface area contributed by atoms with Crippen LogP contribution in [-0.4, -0.2) is 24.8 Å². The molecule has 0 unspecified atom stereocenters. The predicted molar refractivity (Wildman–Crippen MR) is 93.1 cm³/mol. The summed E-state index contributed by atoms with van der Waals surface area (Å²) in [5, 5.41) is 6.53. The predicted octanol–water partition coefficient (Wildman–Crippen LogP) is 3.91. The van der Waals surface area contributed by atoms with E-state index >= 15 is 0 Å². The lowest BCUT2D eigenvalue weighted by molar-refractivity contribution is -0.274. The fraction of sp³-hybridized carbons (Fsp3) is 0.125. The first kappa shape index (κ1) is 18.5. The summed E-state index contributed by atoms with van der Waals surface area (Å²) >= 11 is 5.01. The number of hydrogen-bond donors (Lipinski definition) is 2. The Morgan fingerprint density at radius 1 is 1.08 bits per heavy atom. The molecule has 2 aromatic rings. The second kappa shape index (κ2) is 8.34. The molecular formula is C16H14F3N3O2S. The Kier molecular flexibility index (Phi) is 6.18. The van der Waals surface area contributed by atoms with Crippen LogP contribution in [0.15, 0.2) is 53.6 Å². The van der Waals surface area contributed by atoms with E-state index in [0.29, 0.717) is 11.3 Å².